The molecule has 1 N–H and O–H groups in total. The van der Waals surface area contributed by atoms with E-state index in [1.54, 1.807) is 6.20 Å². The minimum atomic E-state index is -0.337. The molecular weight excluding hydrogens is 687 g/mol. The van der Waals surface area contributed by atoms with Crippen LogP contribution in [0.3, 0.4) is 0 Å². The van der Waals surface area contributed by atoms with Gasteiger partial charge in [-0.2, -0.15) is 17.7 Å². The average Bonchev–Trinajstić information content (AvgIpc) is 2.97. The molecule has 3 aromatic carbocycles. The fourth-order valence-electron chi connectivity index (χ4n) is 4.62. The molecule has 0 aliphatic heterocycles. The number of fused-ring (bicyclic) bond motifs is 3. The van der Waals surface area contributed by atoms with Gasteiger partial charge in [-0.05, 0) is 54.0 Å². The number of carbonyl (C=O) groups is 1. The molecule has 41 heavy (non-hydrogen) atoms. The summed E-state index contributed by atoms with van der Waals surface area (Å²) in [7, 11) is 0. The minimum absolute atomic E-state index is 0. The number of aliphatic hydroxyl groups excluding tert-OH is 1. The van der Waals surface area contributed by atoms with Crippen molar-refractivity contribution in [1.29, 1.82) is 0 Å². The van der Waals surface area contributed by atoms with Gasteiger partial charge in [0.25, 0.3) is 0 Å². The Morgan fingerprint density at radius 1 is 0.902 bits per heavy atom. The van der Waals surface area contributed by atoms with Crippen molar-refractivity contribution in [1.82, 2.24) is 4.98 Å². The van der Waals surface area contributed by atoms with Gasteiger partial charge in [-0.15, -0.1) is 11.6 Å². The van der Waals surface area contributed by atoms with E-state index < -0.39 is 0 Å². The largest absolute Gasteiger partial charge is 0.512 e. The maximum Gasteiger partial charge on any atom is 0.224 e. The number of pyridine rings is 1. The van der Waals surface area contributed by atoms with Gasteiger partial charge in [-0.25, -0.2) is 4.98 Å². The van der Waals surface area contributed by atoms with Crippen molar-refractivity contribution < 1.29 is 34.7 Å². The van der Waals surface area contributed by atoms with Crippen LogP contribution in [-0.2, 0) is 24.9 Å². The summed E-state index contributed by atoms with van der Waals surface area (Å²) < 4.78 is 6.06. The van der Waals surface area contributed by atoms with Crippen LogP contribution in [0.25, 0.3) is 21.5 Å². The number of aromatic nitrogens is 1. The van der Waals surface area contributed by atoms with Gasteiger partial charge in [0.1, 0.15) is 5.76 Å². The first kappa shape index (κ1) is 34.2. The first-order valence-electron chi connectivity index (χ1n) is 14.4. The number of aliphatic hydroxyl groups is 1. The number of nitrogens with zero attached hydrogens (tertiary/aromatic N) is 1. The smallest absolute Gasteiger partial charge is 0.224 e. The molecule has 4 nitrogen and oxygen atoms in total. The second-order valence-electron chi connectivity index (χ2n) is 11.2. The van der Waals surface area contributed by atoms with E-state index in [0.717, 1.165) is 47.8 Å². The summed E-state index contributed by atoms with van der Waals surface area (Å²) in [5.41, 5.74) is 1.63. The monoisotopic (exact) mass is 731 g/mol. The van der Waals surface area contributed by atoms with Crippen molar-refractivity contribution in [2.45, 2.75) is 81.1 Å². The predicted molar refractivity (Wildman–Crippen MR) is 167 cm³/mol. The standard InChI is InChI=1S/C21H16NO.C15H28O2.Ir/c1-14-7-10-20(15(2)13-14)23-21-19-9-8-16-5-3-4-6-17(16)18(19)11-12-22-21;1-7-14(5,8-2)12(16)11-13(17)15(6,9-3)10-4;/h3-9,11-13H,1-2H3;11,16H,7-10H2,1-6H3;/q-1;;/b;12-11-;. The number of ether oxygens (including phenoxy) is 1. The van der Waals surface area contributed by atoms with Crippen LogP contribution >= 0.6 is 0 Å². The number of aryl methyl sites for hydroxylation is 2. The van der Waals surface area contributed by atoms with Crippen molar-refractivity contribution in [3.8, 4) is 11.6 Å². The number of carbonyl (C=O) groups excluding carboxylic acids is 1. The fraction of sp³-hybridized carbons (Fsp3) is 0.389. The maximum absolute atomic E-state index is 12.2. The molecule has 0 spiro atoms. The first-order chi connectivity index (χ1) is 19.0. The fourth-order valence-corrected chi connectivity index (χ4v) is 4.62. The molecule has 4 rings (SSSR count). The number of hydrogen-bond acceptors (Lipinski definition) is 4. The Bertz CT molecular complexity index is 1500. The molecule has 0 aliphatic rings. The maximum atomic E-state index is 12.2. The van der Waals surface area contributed by atoms with E-state index >= 15 is 0 Å². The van der Waals surface area contributed by atoms with Gasteiger partial charge < -0.3 is 9.84 Å². The molecule has 0 saturated heterocycles. The molecular formula is C36H44IrNO3-. The topological polar surface area (TPSA) is 59.4 Å². The van der Waals surface area contributed by atoms with Crippen molar-refractivity contribution in [2.24, 2.45) is 10.8 Å². The molecule has 0 amide bonds. The Hall–Kier alpha value is -3.01. The molecule has 1 heterocycles. The zero-order valence-corrected chi connectivity index (χ0v) is 28.1. The number of ketones is 1. The molecule has 1 radical (unpaired) electrons. The molecule has 221 valence electrons. The Balaban J connectivity index is 0.000000296. The summed E-state index contributed by atoms with van der Waals surface area (Å²) in [5.74, 6) is 1.63. The van der Waals surface area contributed by atoms with Gasteiger partial charge in [0.2, 0.25) is 5.88 Å². The second kappa shape index (κ2) is 14.8. The van der Waals surface area contributed by atoms with Crippen LogP contribution in [0.2, 0.25) is 0 Å². The van der Waals surface area contributed by atoms with Crippen LogP contribution < -0.4 is 4.74 Å². The van der Waals surface area contributed by atoms with Crippen LogP contribution in [0.1, 0.15) is 78.4 Å². The second-order valence-corrected chi connectivity index (χ2v) is 11.2. The minimum Gasteiger partial charge on any atom is -0.512 e. The molecule has 1 aromatic heterocycles. The van der Waals surface area contributed by atoms with E-state index in [4.69, 9.17) is 4.74 Å². The van der Waals surface area contributed by atoms with Crippen molar-refractivity contribution in [3.63, 3.8) is 0 Å². The van der Waals surface area contributed by atoms with E-state index in [2.05, 4.69) is 60.4 Å². The molecule has 0 fully saturated rings. The normalized spacial score (nSPS) is 12.0. The Labute approximate surface area is 259 Å². The quantitative estimate of drug-likeness (QED) is 0.0806. The zero-order chi connectivity index (χ0) is 29.5. The van der Waals surface area contributed by atoms with Crippen LogP contribution in [-0.4, -0.2) is 15.9 Å². The van der Waals surface area contributed by atoms with Gasteiger partial charge in [0.15, 0.2) is 5.78 Å². The molecule has 5 heteroatoms. The summed E-state index contributed by atoms with van der Waals surface area (Å²) in [6, 6.07) is 21.8. The molecule has 4 aromatic rings. The summed E-state index contributed by atoms with van der Waals surface area (Å²) in [4.78, 5) is 16.6. The Kier molecular flexibility index (Phi) is 12.3. The Morgan fingerprint density at radius 2 is 1.54 bits per heavy atom. The van der Waals surface area contributed by atoms with Crippen molar-refractivity contribution in [3.05, 3.63) is 89.8 Å². The van der Waals surface area contributed by atoms with Crippen molar-refractivity contribution in [2.75, 3.05) is 0 Å². The number of hydrogen-bond donors (Lipinski definition) is 1. The van der Waals surface area contributed by atoms with Gasteiger partial charge in [-0.1, -0.05) is 85.7 Å². The van der Waals surface area contributed by atoms with Crippen LogP contribution in [0, 0.1) is 30.7 Å². The molecule has 0 saturated carbocycles. The average molecular weight is 731 g/mol. The number of allylic oxidation sites excluding steroid dienone is 2. The molecule has 0 bridgehead atoms. The van der Waals surface area contributed by atoms with Crippen molar-refractivity contribution >= 4 is 27.3 Å². The third-order valence-electron chi connectivity index (χ3n) is 8.67. The third kappa shape index (κ3) is 7.84. The third-order valence-corrected chi connectivity index (χ3v) is 8.67. The van der Waals surface area contributed by atoms with Crippen LogP contribution in [0.4, 0.5) is 0 Å². The van der Waals surface area contributed by atoms with Gasteiger partial charge >= 0.3 is 0 Å². The Morgan fingerprint density at radius 3 is 2.15 bits per heavy atom. The number of rotatable bonds is 9. The predicted octanol–water partition coefficient (Wildman–Crippen LogP) is 10.2. The van der Waals surface area contributed by atoms with E-state index in [0.29, 0.717) is 5.88 Å². The van der Waals surface area contributed by atoms with Crippen LogP contribution in [0.15, 0.2) is 72.6 Å². The zero-order valence-electron chi connectivity index (χ0n) is 25.7. The van der Waals surface area contributed by atoms with E-state index in [1.165, 1.54) is 22.4 Å². The molecule has 0 unspecified atom stereocenters. The summed E-state index contributed by atoms with van der Waals surface area (Å²) >= 11 is 0. The summed E-state index contributed by atoms with van der Waals surface area (Å²) in [5, 5.41) is 14.7. The number of benzene rings is 3. The van der Waals surface area contributed by atoms with Gasteiger partial charge in [0.05, 0.1) is 0 Å². The van der Waals surface area contributed by atoms with Crippen LogP contribution in [0.5, 0.6) is 11.6 Å². The van der Waals surface area contributed by atoms with E-state index in [-0.39, 0.29) is 42.5 Å². The molecule has 0 atom stereocenters. The molecule has 0 aliphatic carbocycles. The first-order valence-corrected chi connectivity index (χ1v) is 14.4. The van der Waals surface area contributed by atoms with Gasteiger partial charge in [0, 0.05) is 54.3 Å². The van der Waals surface area contributed by atoms with E-state index in [9.17, 15) is 9.90 Å². The summed E-state index contributed by atoms with van der Waals surface area (Å²) in [6.45, 7) is 16.2. The van der Waals surface area contributed by atoms with Gasteiger partial charge in [-0.3, -0.25) is 4.79 Å². The summed E-state index contributed by atoms with van der Waals surface area (Å²) in [6.07, 6.45) is 6.55. The SMILES string of the molecule is CCC(C)(CC)C(=O)/C=C(\O)C(C)(CC)CC.Cc1c[c-]c(Oc2nccc3c2ccc2ccccc23)c(C)c1.[Ir]. The van der Waals surface area contributed by atoms with E-state index in [1.807, 2.05) is 60.6 Å².